The van der Waals surface area contributed by atoms with Gasteiger partial charge in [0, 0.05) is 26.1 Å². The number of methoxy groups -OCH3 is 1. The Morgan fingerprint density at radius 2 is 1.83 bits per heavy atom. The average Bonchev–Trinajstić information content (AvgIpc) is 3.11. The summed E-state index contributed by atoms with van der Waals surface area (Å²) in [5.74, 6) is 1.25. The number of oxazole rings is 1. The van der Waals surface area contributed by atoms with Crippen molar-refractivity contribution in [2.75, 3.05) is 20.2 Å². The largest absolute Gasteiger partial charge is 0.497 e. The highest BCUT2D eigenvalue weighted by Crippen LogP contribution is 2.24. The molecule has 1 saturated heterocycles. The van der Waals surface area contributed by atoms with Crippen molar-refractivity contribution in [3.8, 4) is 5.75 Å². The van der Waals surface area contributed by atoms with Crippen LogP contribution in [0.15, 0.2) is 57.7 Å². The molecular weight excluding hydrogens is 380 g/mol. The van der Waals surface area contributed by atoms with E-state index in [2.05, 4.69) is 12.1 Å². The van der Waals surface area contributed by atoms with E-state index in [9.17, 15) is 9.59 Å². The predicted octanol–water partition coefficient (Wildman–Crippen LogP) is 3.86. The van der Waals surface area contributed by atoms with Gasteiger partial charge in [-0.3, -0.25) is 9.36 Å². The maximum atomic E-state index is 12.7. The van der Waals surface area contributed by atoms with E-state index in [0.29, 0.717) is 24.5 Å². The van der Waals surface area contributed by atoms with Gasteiger partial charge in [0.2, 0.25) is 5.91 Å². The number of carbonyl (C=O) groups is 1. The van der Waals surface area contributed by atoms with E-state index in [1.807, 2.05) is 35.2 Å². The zero-order valence-electron chi connectivity index (χ0n) is 17.4. The highest BCUT2D eigenvalue weighted by molar-refractivity contribution is 5.77. The van der Waals surface area contributed by atoms with Crippen molar-refractivity contribution in [2.24, 2.45) is 5.92 Å². The molecule has 0 aliphatic carbocycles. The van der Waals surface area contributed by atoms with Crippen molar-refractivity contribution < 1.29 is 13.9 Å². The molecule has 1 aliphatic rings. The summed E-state index contributed by atoms with van der Waals surface area (Å²) in [4.78, 5) is 26.7. The van der Waals surface area contributed by atoms with Crippen LogP contribution in [-0.4, -0.2) is 35.6 Å². The molecule has 1 aliphatic heterocycles. The molecule has 3 aromatic rings. The third-order valence-electron chi connectivity index (χ3n) is 6.09. The molecule has 2 heterocycles. The second-order valence-corrected chi connectivity index (χ2v) is 7.95. The Morgan fingerprint density at radius 1 is 1.10 bits per heavy atom. The first kappa shape index (κ1) is 20.3. The quantitative estimate of drug-likeness (QED) is 0.595. The van der Waals surface area contributed by atoms with Gasteiger partial charge < -0.3 is 14.1 Å². The van der Waals surface area contributed by atoms with E-state index in [1.165, 1.54) is 5.56 Å². The highest BCUT2D eigenvalue weighted by Gasteiger charge is 2.23. The summed E-state index contributed by atoms with van der Waals surface area (Å²) < 4.78 is 12.0. The Kier molecular flexibility index (Phi) is 6.21. The highest BCUT2D eigenvalue weighted by atomic mass is 16.5. The number of amides is 1. The second-order valence-electron chi connectivity index (χ2n) is 7.95. The minimum absolute atomic E-state index is 0.112. The zero-order chi connectivity index (χ0) is 20.9. The normalized spacial score (nSPS) is 14.9. The van der Waals surface area contributed by atoms with Crippen LogP contribution in [-0.2, 0) is 17.8 Å². The number of carbonyl (C=O) groups excluding carboxylic acids is 1. The molecule has 0 unspecified atom stereocenters. The first-order valence-corrected chi connectivity index (χ1v) is 10.6. The second kappa shape index (κ2) is 9.20. The van der Waals surface area contributed by atoms with Crippen LogP contribution >= 0.6 is 0 Å². The van der Waals surface area contributed by atoms with Gasteiger partial charge in [-0.15, -0.1) is 0 Å². The number of ether oxygens (including phenoxy) is 1. The zero-order valence-corrected chi connectivity index (χ0v) is 17.4. The molecule has 4 rings (SSSR count). The van der Waals surface area contributed by atoms with Crippen LogP contribution in [0.25, 0.3) is 11.1 Å². The van der Waals surface area contributed by atoms with Crippen LogP contribution in [0.5, 0.6) is 5.75 Å². The molecule has 1 amide bonds. The smallest absolute Gasteiger partial charge is 0.419 e. The summed E-state index contributed by atoms with van der Waals surface area (Å²) in [6.45, 7) is 1.95. The van der Waals surface area contributed by atoms with Crippen LogP contribution in [0.1, 0.15) is 31.2 Å². The number of rotatable bonds is 7. The lowest BCUT2D eigenvalue weighted by Gasteiger charge is -2.32. The Balaban J connectivity index is 1.24. The van der Waals surface area contributed by atoms with Gasteiger partial charge in [0.1, 0.15) is 5.75 Å². The summed E-state index contributed by atoms with van der Waals surface area (Å²) in [5, 5.41) is 0. The monoisotopic (exact) mass is 408 g/mol. The Morgan fingerprint density at radius 3 is 2.57 bits per heavy atom. The minimum atomic E-state index is -0.402. The van der Waals surface area contributed by atoms with Crippen molar-refractivity contribution in [3.63, 3.8) is 0 Å². The maximum Gasteiger partial charge on any atom is 0.419 e. The first-order chi connectivity index (χ1) is 14.6. The van der Waals surface area contributed by atoms with Crippen LogP contribution in [0.3, 0.4) is 0 Å². The topological polar surface area (TPSA) is 64.7 Å². The number of para-hydroxylation sites is 2. The number of likely N-dealkylation sites (tertiary alicyclic amines) is 1. The average molecular weight is 408 g/mol. The minimum Gasteiger partial charge on any atom is -0.497 e. The molecule has 2 aromatic carbocycles. The maximum absolute atomic E-state index is 12.7. The Bertz CT molecular complexity index is 1040. The van der Waals surface area contributed by atoms with Crippen molar-refractivity contribution >= 4 is 17.0 Å². The number of nitrogens with zero attached hydrogens (tertiary/aromatic N) is 2. The molecule has 0 bridgehead atoms. The van der Waals surface area contributed by atoms with Crippen LogP contribution < -0.4 is 10.5 Å². The Hall–Kier alpha value is -3.02. The van der Waals surface area contributed by atoms with Crippen molar-refractivity contribution in [1.29, 1.82) is 0 Å². The molecule has 1 aromatic heterocycles. The lowest BCUT2D eigenvalue weighted by Crippen LogP contribution is -2.39. The van der Waals surface area contributed by atoms with E-state index in [1.54, 1.807) is 17.7 Å². The summed E-state index contributed by atoms with van der Waals surface area (Å²) in [7, 11) is 1.68. The number of hydrogen-bond acceptors (Lipinski definition) is 4. The van der Waals surface area contributed by atoms with Gasteiger partial charge in [0.25, 0.3) is 0 Å². The summed E-state index contributed by atoms with van der Waals surface area (Å²) in [6.07, 6.45) is 4.59. The van der Waals surface area contributed by atoms with Crippen molar-refractivity contribution in [1.82, 2.24) is 9.47 Å². The predicted molar refractivity (Wildman–Crippen MR) is 116 cm³/mol. The fourth-order valence-electron chi connectivity index (χ4n) is 4.23. The molecule has 1 fully saturated rings. The molecule has 158 valence electrons. The lowest BCUT2D eigenvalue weighted by atomic mass is 9.90. The number of fused-ring (bicyclic) bond motifs is 1. The van der Waals surface area contributed by atoms with Gasteiger partial charge in [-0.25, -0.2) is 4.79 Å². The van der Waals surface area contributed by atoms with Gasteiger partial charge >= 0.3 is 5.76 Å². The number of aromatic nitrogens is 1. The number of benzene rings is 2. The standard InChI is InChI=1S/C24H28N2O4/c1-29-20-10-8-18(9-11-20)6-7-19-12-15-25(16-13-19)23(27)14-17-26-21-4-2-3-5-22(21)30-24(26)28/h2-5,8-11,19H,6-7,12-17H2,1H3. The van der Waals surface area contributed by atoms with E-state index < -0.39 is 5.76 Å². The van der Waals surface area contributed by atoms with E-state index in [0.717, 1.165) is 50.0 Å². The van der Waals surface area contributed by atoms with Gasteiger partial charge in [0.05, 0.1) is 12.6 Å². The molecule has 0 saturated carbocycles. The first-order valence-electron chi connectivity index (χ1n) is 10.6. The number of aryl methyl sites for hydroxylation is 2. The molecule has 0 atom stereocenters. The molecule has 30 heavy (non-hydrogen) atoms. The lowest BCUT2D eigenvalue weighted by molar-refractivity contribution is -0.132. The van der Waals surface area contributed by atoms with Crippen LogP contribution in [0, 0.1) is 5.92 Å². The fraction of sp³-hybridized carbons (Fsp3) is 0.417. The van der Waals surface area contributed by atoms with E-state index >= 15 is 0 Å². The molecule has 6 nitrogen and oxygen atoms in total. The van der Waals surface area contributed by atoms with Crippen molar-refractivity contribution in [3.05, 3.63) is 64.6 Å². The molecule has 0 radical (unpaired) electrons. The Labute approximate surface area is 176 Å². The SMILES string of the molecule is COc1ccc(CCC2CCN(C(=O)CCn3c(=O)oc4ccccc43)CC2)cc1. The third kappa shape index (κ3) is 4.58. The van der Waals surface area contributed by atoms with E-state index in [4.69, 9.17) is 9.15 Å². The van der Waals surface area contributed by atoms with E-state index in [-0.39, 0.29) is 5.91 Å². The van der Waals surface area contributed by atoms with Crippen LogP contribution in [0.2, 0.25) is 0 Å². The number of piperidine rings is 1. The molecule has 0 N–H and O–H groups in total. The summed E-state index contributed by atoms with van der Waals surface area (Å²) >= 11 is 0. The van der Waals surface area contributed by atoms with Crippen LogP contribution in [0.4, 0.5) is 0 Å². The molecular formula is C24H28N2O4. The summed E-state index contributed by atoms with van der Waals surface area (Å²) in [6, 6.07) is 15.6. The summed E-state index contributed by atoms with van der Waals surface area (Å²) in [5.41, 5.74) is 2.63. The fourth-order valence-corrected chi connectivity index (χ4v) is 4.23. The molecule has 6 heteroatoms. The van der Waals surface area contributed by atoms with Gasteiger partial charge in [-0.2, -0.15) is 0 Å². The van der Waals surface area contributed by atoms with Gasteiger partial charge in [0.15, 0.2) is 5.58 Å². The molecule has 0 spiro atoms. The van der Waals surface area contributed by atoms with Gasteiger partial charge in [-0.05, 0) is 61.4 Å². The number of hydrogen-bond donors (Lipinski definition) is 0. The van der Waals surface area contributed by atoms with Crippen molar-refractivity contribution in [2.45, 2.75) is 38.6 Å². The van der Waals surface area contributed by atoms with Gasteiger partial charge in [-0.1, -0.05) is 24.3 Å². The third-order valence-corrected chi connectivity index (χ3v) is 6.09.